The first-order valence-electron chi connectivity index (χ1n) is 5.23. The van der Waals surface area contributed by atoms with Crippen LogP contribution >= 0.6 is 0 Å². The minimum atomic E-state index is -0.912. The quantitative estimate of drug-likeness (QED) is 0.564. The van der Waals surface area contributed by atoms with Crippen molar-refractivity contribution in [3.05, 3.63) is 32.6 Å². The van der Waals surface area contributed by atoms with Gasteiger partial charge in [-0.1, -0.05) is 0 Å². The molecule has 7 nitrogen and oxygen atoms in total. The van der Waals surface area contributed by atoms with Gasteiger partial charge in [-0.3, -0.25) is 14.6 Å². The fourth-order valence-corrected chi connectivity index (χ4v) is 1.86. The van der Waals surface area contributed by atoms with E-state index in [0.717, 1.165) is 6.20 Å². The summed E-state index contributed by atoms with van der Waals surface area (Å²) in [5.74, 6) is -0.486. The number of hydrogen-bond donors (Lipinski definition) is 3. The maximum absolute atomic E-state index is 11.9. The molecule has 1 saturated heterocycles. The summed E-state index contributed by atoms with van der Waals surface area (Å²) in [5.41, 5.74) is -2.41. The van der Waals surface area contributed by atoms with E-state index in [0.29, 0.717) is 13.0 Å². The van der Waals surface area contributed by atoms with Gasteiger partial charge in [0.1, 0.15) is 5.56 Å². The molecule has 0 saturated carbocycles. The van der Waals surface area contributed by atoms with Crippen LogP contribution < -0.4 is 11.2 Å². The second kappa shape index (κ2) is 3.85. The molecule has 92 valence electrons. The molecule has 1 amide bonds. The predicted octanol–water partition coefficient (Wildman–Crippen LogP) is -1.34. The number of H-pyrrole nitrogens is 2. The van der Waals surface area contributed by atoms with Crippen molar-refractivity contribution in [2.75, 3.05) is 13.1 Å². The Morgan fingerprint density at radius 3 is 2.76 bits per heavy atom. The van der Waals surface area contributed by atoms with Gasteiger partial charge >= 0.3 is 5.69 Å². The maximum atomic E-state index is 11.9. The van der Waals surface area contributed by atoms with E-state index in [1.807, 2.05) is 4.98 Å². The number of nitrogens with one attached hydrogen (secondary N) is 2. The average Bonchev–Trinajstić information content (AvgIpc) is 2.58. The summed E-state index contributed by atoms with van der Waals surface area (Å²) >= 11 is 0. The largest absolute Gasteiger partial charge is 0.388 e. The molecule has 17 heavy (non-hydrogen) atoms. The lowest BCUT2D eigenvalue weighted by Crippen LogP contribution is -2.38. The van der Waals surface area contributed by atoms with Crippen molar-refractivity contribution in [3.8, 4) is 0 Å². The zero-order valence-corrected chi connectivity index (χ0v) is 9.32. The Balaban J connectivity index is 2.27. The molecule has 1 aliphatic rings. The molecule has 0 aromatic carbocycles. The maximum Gasteiger partial charge on any atom is 0.325 e. The Morgan fingerprint density at radius 1 is 1.53 bits per heavy atom. The molecule has 7 heteroatoms. The van der Waals surface area contributed by atoms with Crippen molar-refractivity contribution in [2.45, 2.75) is 18.9 Å². The molecular formula is C10H13N3O4. The van der Waals surface area contributed by atoms with Gasteiger partial charge in [-0.2, -0.15) is 0 Å². The second-order valence-electron chi connectivity index (χ2n) is 4.46. The molecule has 1 aromatic rings. The first-order chi connectivity index (χ1) is 7.89. The third-order valence-corrected chi connectivity index (χ3v) is 2.79. The highest BCUT2D eigenvalue weighted by atomic mass is 16.3. The lowest BCUT2D eigenvalue weighted by atomic mass is 10.1. The van der Waals surface area contributed by atoms with Crippen molar-refractivity contribution in [3.63, 3.8) is 0 Å². The number of aromatic amines is 2. The number of aromatic nitrogens is 2. The van der Waals surface area contributed by atoms with Gasteiger partial charge in [-0.05, 0) is 13.3 Å². The molecule has 2 heterocycles. The zero-order chi connectivity index (χ0) is 12.6. The summed E-state index contributed by atoms with van der Waals surface area (Å²) in [5, 5.41) is 9.74. The third-order valence-electron chi connectivity index (χ3n) is 2.79. The normalized spacial score (nSPS) is 24.0. The summed E-state index contributed by atoms with van der Waals surface area (Å²) in [6.07, 6.45) is 1.57. The van der Waals surface area contributed by atoms with Crippen LogP contribution in [0.1, 0.15) is 23.7 Å². The average molecular weight is 239 g/mol. The minimum Gasteiger partial charge on any atom is -0.388 e. The van der Waals surface area contributed by atoms with Gasteiger partial charge < -0.3 is 15.0 Å². The highest BCUT2D eigenvalue weighted by molar-refractivity contribution is 5.93. The van der Waals surface area contributed by atoms with Gasteiger partial charge in [0, 0.05) is 19.3 Å². The lowest BCUT2D eigenvalue weighted by Gasteiger charge is -2.18. The number of nitrogens with zero attached hydrogens (tertiary/aromatic N) is 1. The summed E-state index contributed by atoms with van der Waals surface area (Å²) in [6.45, 7) is 2.21. The van der Waals surface area contributed by atoms with Gasteiger partial charge in [0.25, 0.3) is 11.5 Å². The molecule has 0 bridgehead atoms. The Bertz CT molecular complexity index is 557. The summed E-state index contributed by atoms with van der Waals surface area (Å²) in [6, 6.07) is 0. The highest BCUT2D eigenvalue weighted by Gasteiger charge is 2.35. The molecule has 1 unspecified atom stereocenters. The topological polar surface area (TPSA) is 106 Å². The van der Waals surface area contributed by atoms with Crippen molar-refractivity contribution in [1.29, 1.82) is 0 Å². The van der Waals surface area contributed by atoms with Gasteiger partial charge in [-0.15, -0.1) is 0 Å². The minimum absolute atomic E-state index is 0.123. The van der Waals surface area contributed by atoms with Crippen molar-refractivity contribution >= 4 is 5.91 Å². The van der Waals surface area contributed by atoms with Crippen LogP contribution in [0.2, 0.25) is 0 Å². The number of likely N-dealkylation sites (tertiary alicyclic amines) is 1. The highest BCUT2D eigenvalue weighted by Crippen LogP contribution is 2.20. The van der Waals surface area contributed by atoms with E-state index in [1.165, 1.54) is 4.90 Å². The predicted molar refractivity (Wildman–Crippen MR) is 58.8 cm³/mol. The van der Waals surface area contributed by atoms with Gasteiger partial charge in [0.15, 0.2) is 0 Å². The van der Waals surface area contributed by atoms with E-state index < -0.39 is 22.8 Å². The van der Waals surface area contributed by atoms with Crippen LogP contribution in [0.25, 0.3) is 0 Å². The van der Waals surface area contributed by atoms with Crippen LogP contribution in [-0.4, -0.2) is 44.6 Å². The van der Waals surface area contributed by atoms with Crippen LogP contribution in [0.5, 0.6) is 0 Å². The van der Waals surface area contributed by atoms with E-state index in [9.17, 15) is 19.5 Å². The molecule has 1 aromatic heterocycles. The summed E-state index contributed by atoms with van der Waals surface area (Å²) in [4.78, 5) is 39.8. The van der Waals surface area contributed by atoms with E-state index >= 15 is 0 Å². The number of rotatable bonds is 1. The molecule has 0 radical (unpaired) electrons. The fourth-order valence-electron chi connectivity index (χ4n) is 1.86. The SMILES string of the molecule is CC1(O)CCN(C(=O)c2c[nH]c(=O)[nH]c2=O)C1. The van der Waals surface area contributed by atoms with Crippen LogP contribution in [0.15, 0.2) is 15.8 Å². The molecule has 0 aliphatic carbocycles. The van der Waals surface area contributed by atoms with E-state index in [1.54, 1.807) is 6.92 Å². The van der Waals surface area contributed by atoms with Crippen molar-refractivity contribution < 1.29 is 9.90 Å². The van der Waals surface area contributed by atoms with Crippen LogP contribution in [-0.2, 0) is 0 Å². The number of amides is 1. The van der Waals surface area contributed by atoms with E-state index in [2.05, 4.69) is 4.98 Å². The Morgan fingerprint density at radius 2 is 2.24 bits per heavy atom. The van der Waals surface area contributed by atoms with Gasteiger partial charge in [0.05, 0.1) is 5.60 Å². The third kappa shape index (κ3) is 2.28. The first kappa shape index (κ1) is 11.6. The number of hydrogen-bond acceptors (Lipinski definition) is 4. The second-order valence-corrected chi connectivity index (χ2v) is 4.46. The molecule has 3 N–H and O–H groups in total. The standard InChI is InChI=1S/C10H13N3O4/c1-10(17)2-3-13(5-10)8(15)6-4-11-9(16)12-7(6)14/h4,17H,2-3,5H2,1H3,(H2,11,12,14,16). The van der Waals surface area contributed by atoms with Gasteiger partial charge in [-0.25, -0.2) is 4.79 Å². The first-order valence-corrected chi connectivity index (χ1v) is 5.23. The van der Waals surface area contributed by atoms with E-state index in [4.69, 9.17) is 0 Å². The number of carbonyl (C=O) groups excluding carboxylic acids is 1. The smallest absolute Gasteiger partial charge is 0.325 e. The van der Waals surface area contributed by atoms with E-state index in [-0.39, 0.29) is 12.1 Å². The monoisotopic (exact) mass is 239 g/mol. The molecule has 1 fully saturated rings. The Hall–Kier alpha value is -1.89. The molecule has 1 aliphatic heterocycles. The van der Waals surface area contributed by atoms with Crippen LogP contribution in [0.3, 0.4) is 0 Å². The van der Waals surface area contributed by atoms with Crippen LogP contribution in [0.4, 0.5) is 0 Å². The number of β-amino-alcohol motifs (C(OH)–C–C–N with tert-alkyl or cyclic N) is 1. The summed E-state index contributed by atoms with van der Waals surface area (Å²) in [7, 11) is 0. The Kier molecular flexibility index (Phi) is 2.62. The summed E-state index contributed by atoms with van der Waals surface area (Å²) < 4.78 is 0. The molecular weight excluding hydrogens is 226 g/mol. The van der Waals surface area contributed by atoms with Crippen molar-refractivity contribution in [2.24, 2.45) is 0 Å². The van der Waals surface area contributed by atoms with Crippen LogP contribution in [0, 0.1) is 0 Å². The molecule has 1 atom stereocenters. The number of carbonyl (C=O) groups is 1. The molecule has 2 rings (SSSR count). The zero-order valence-electron chi connectivity index (χ0n) is 9.32. The van der Waals surface area contributed by atoms with Gasteiger partial charge in [0.2, 0.25) is 0 Å². The van der Waals surface area contributed by atoms with Crippen molar-refractivity contribution in [1.82, 2.24) is 14.9 Å². The Labute approximate surface area is 96.1 Å². The lowest BCUT2D eigenvalue weighted by molar-refractivity contribution is 0.0571. The molecule has 0 spiro atoms. The number of aliphatic hydroxyl groups is 1. The fraction of sp³-hybridized carbons (Fsp3) is 0.500.